The number of ether oxygens (including phenoxy) is 1. The molecule has 0 aliphatic heterocycles. The molecule has 148 valence electrons. The molecule has 0 saturated heterocycles. The monoisotopic (exact) mass is 401 g/mol. The molecule has 2 heterocycles. The maximum atomic E-state index is 10.7. The van der Waals surface area contributed by atoms with E-state index in [2.05, 4.69) is 31.0 Å². The summed E-state index contributed by atoms with van der Waals surface area (Å²) in [6.45, 7) is 2.88. The van der Waals surface area contributed by atoms with Gasteiger partial charge in [0.05, 0.1) is 24.2 Å². The zero-order chi connectivity index (χ0) is 19.9. The van der Waals surface area contributed by atoms with Gasteiger partial charge < -0.3 is 21.1 Å². The fraction of sp³-hybridized carbons (Fsp3) is 0.500. The van der Waals surface area contributed by atoms with E-state index in [9.17, 15) is 10.1 Å². The Morgan fingerprint density at radius 2 is 2.21 bits per heavy atom. The third kappa shape index (κ3) is 5.61. The number of nitrogens with two attached hydrogens (primary N) is 1. The summed E-state index contributed by atoms with van der Waals surface area (Å²) >= 11 is 1.32. The zero-order valence-corrected chi connectivity index (χ0v) is 16.5. The SMILES string of the molecule is Cc1cc(Nc2nc(CNC3CCC(COC(N)=O)CC3)cnc2C#N)sn1. The lowest BCUT2D eigenvalue weighted by Crippen LogP contribution is -2.34. The highest BCUT2D eigenvalue weighted by atomic mass is 32.1. The van der Waals surface area contributed by atoms with Gasteiger partial charge in [0.15, 0.2) is 11.5 Å². The van der Waals surface area contributed by atoms with Gasteiger partial charge in [0.2, 0.25) is 0 Å². The Balaban J connectivity index is 1.53. The van der Waals surface area contributed by atoms with Crippen LogP contribution in [0.4, 0.5) is 15.6 Å². The first-order valence-electron chi connectivity index (χ1n) is 9.15. The molecule has 10 heteroatoms. The van der Waals surface area contributed by atoms with Crippen LogP contribution in [0.2, 0.25) is 0 Å². The van der Waals surface area contributed by atoms with E-state index in [1.807, 2.05) is 13.0 Å². The van der Waals surface area contributed by atoms with Crippen molar-refractivity contribution in [3.05, 3.63) is 29.3 Å². The predicted molar refractivity (Wildman–Crippen MR) is 105 cm³/mol. The fourth-order valence-corrected chi connectivity index (χ4v) is 3.86. The van der Waals surface area contributed by atoms with Crippen molar-refractivity contribution in [2.45, 2.75) is 45.2 Å². The highest BCUT2D eigenvalue weighted by Crippen LogP contribution is 2.25. The second kappa shape index (κ2) is 9.43. The van der Waals surface area contributed by atoms with Gasteiger partial charge >= 0.3 is 6.09 Å². The molecule has 1 aliphatic rings. The summed E-state index contributed by atoms with van der Waals surface area (Å²) < 4.78 is 9.11. The van der Waals surface area contributed by atoms with E-state index in [-0.39, 0.29) is 5.69 Å². The van der Waals surface area contributed by atoms with Crippen molar-refractivity contribution in [1.29, 1.82) is 5.26 Å². The van der Waals surface area contributed by atoms with Gasteiger partial charge in [-0.2, -0.15) is 9.64 Å². The van der Waals surface area contributed by atoms with Crippen LogP contribution < -0.4 is 16.4 Å². The summed E-state index contributed by atoms with van der Waals surface area (Å²) in [5.41, 5.74) is 6.95. The van der Waals surface area contributed by atoms with Gasteiger partial charge in [-0.15, -0.1) is 0 Å². The summed E-state index contributed by atoms with van der Waals surface area (Å²) in [6, 6.07) is 4.34. The molecule has 0 unspecified atom stereocenters. The quantitative estimate of drug-likeness (QED) is 0.643. The van der Waals surface area contributed by atoms with Crippen LogP contribution in [-0.4, -0.2) is 33.1 Å². The molecular formula is C18H23N7O2S. The van der Waals surface area contributed by atoms with Crippen LogP contribution in [0.25, 0.3) is 0 Å². The first kappa shape index (κ1) is 20.0. The van der Waals surface area contributed by atoms with E-state index in [1.54, 1.807) is 6.20 Å². The van der Waals surface area contributed by atoms with Crippen molar-refractivity contribution in [2.24, 2.45) is 11.7 Å². The lowest BCUT2D eigenvalue weighted by Gasteiger charge is -2.28. The fourth-order valence-electron chi connectivity index (χ4n) is 3.20. The Bertz CT molecular complexity index is 856. The lowest BCUT2D eigenvalue weighted by atomic mass is 9.86. The van der Waals surface area contributed by atoms with Gasteiger partial charge in [0.1, 0.15) is 11.1 Å². The van der Waals surface area contributed by atoms with Gasteiger partial charge in [-0.25, -0.2) is 14.8 Å². The molecule has 3 rings (SSSR count). The standard InChI is InChI=1S/C18H23N7O2S/c1-11-6-16(28-25-11)24-17-15(7-19)22-9-14(23-17)8-21-13-4-2-12(3-5-13)10-27-18(20)26/h6,9,12-13,21H,2-5,8,10H2,1H3,(H2,20,26)(H,23,24). The minimum Gasteiger partial charge on any atom is -0.449 e. The van der Waals surface area contributed by atoms with Gasteiger partial charge in [-0.1, -0.05) is 0 Å². The number of aromatic nitrogens is 3. The number of carbonyl (C=O) groups is 1. The largest absolute Gasteiger partial charge is 0.449 e. The van der Waals surface area contributed by atoms with Crippen molar-refractivity contribution in [2.75, 3.05) is 11.9 Å². The second-order valence-electron chi connectivity index (χ2n) is 6.86. The molecule has 1 amide bonds. The van der Waals surface area contributed by atoms with Crippen LogP contribution in [0.1, 0.15) is 42.8 Å². The Labute approximate surface area is 167 Å². The van der Waals surface area contributed by atoms with E-state index >= 15 is 0 Å². The minimum absolute atomic E-state index is 0.254. The highest BCUT2D eigenvalue weighted by molar-refractivity contribution is 7.10. The molecule has 2 aromatic heterocycles. The van der Waals surface area contributed by atoms with E-state index < -0.39 is 6.09 Å². The van der Waals surface area contributed by atoms with Crippen LogP contribution in [-0.2, 0) is 11.3 Å². The first-order valence-corrected chi connectivity index (χ1v) is 9.92. The molecule has 9 nitrogen and oxygen atoms in total. The van der Waals surface area contributed by atoms with Crippen molar-refractivity contribution < 1.29 is 9.53 Å². The third-order valence-electron chi connectivity index (χ3n) is 4.68. The van der Waals surface area contributed by atoms with Gasteiger partial charge in [0.25, 0.3) is 0 Å². The summed E-state index contributed by atoms with van der Waals surface area (Å²) in [7, 11) is 0. The molecule has 28 heavy (non-hydrogen) atoms. The van der Waals surface area contributed by atoms with E-state index in [0.29, 0.717) is 30.9 Å². The third-order valence-corrected chi connectivity index (χ3v) is 5.47. The van der Waals surface area contributed by atoms with Crippen LogP contribution in [0.15, 0.2) is 12.3 Å². The molecule has 1 saturated carbocycles. The van der Waals surface area contributed by atoms with Crippen LogP contribution in [0.5, 0.6) is 0 Å². The minimum atomic E-state index is -0.711. The van der Waals surface area contributed by atoms with Crippen molar-refractivity contribution in [3.63, 3.8) is 0 Å². The molecule has 0 aromatic carbocycles. The first-order chi connectivity index (χ1) is 13.5. The number of amides is 1. The highest BCUT2D eigenvalue weighted by Gasteiger charge is 2.22. The number of nitriles is 1. The van der Waals surface area contributed by atoms with Crippen LogP contribution in [0.3, 0.4) is 0 Å². The second-order valence-corrected chi connectivity index (χ2v) is 7.66. The van der Waals surface area contributed by atoms with Gasteiger partial charge in [0, 0.05) is 12.6 Å². The zero-order valence-electron chi connectivity index (χ0n) is 15.6. The molecule has 0 atom stereocenters. The normalized spacial score (nSPS) is 19.0. The van der Waals surface area contributed by atoms with Crippen molar-refractivity contribution in [1.82, 2.24) is 19.7 Å². The number of primary amides is 1. The van der Waals surface area contributed by atoms with Crippen molar-refractivity contribution in [3.8, 4) is 6.07 Å². The Morgan fingerprint density at radius 3 is 2.86 bits per heavy atom. The molecule has 2 aromatic rings. The number of nitrogens with one attached hydrogen (secondary N) is 2. The number of rotatable bonds is 7. The van der Waals surface area contributed by atoms with Gasteiger partial charge in [-0.05, 0) is 56.1 Å². The molecule has 4 N–H and O–H groups in total. The van der Waals surface area contributed by atoms with E-state index in [4.69, 9.17) is 10.5 Å². The van der Waals surface area contributed by atoms with Crippen molar-refractivity contribution >= 4 is 28.4 Å². The number of nitrogens with zero attached hydrogens (tertiary/aromatic N) is 4. The average molecular weight is 401 g/mol. The maximum Gasteiger partial charge on any atom is 0.404 e. The van der Waals surface area contributed by atoms with Crippen LogP contribution in [0, 0.1) is 24.2 Å². The summed E-state index contributed by atoms with van der Waals surface area (Å²) in [6.07, 6.45) is 4.89. The molecule has 0 spiro atoms. The summed E-state index contributed by atoms with van der Waals surface area (Å²) in [5.74, 6) is 0.816. The Hall–Kier alpha value is -2.77. The molecule has 0 bridgehead atoms. The summed E-state index contributed by atoms with van der Waals surface area (Å²) in [4.78, 5) is 19.5. The number of hydrogen-bond acceptors (Lipinski definition) is 9. The maximum absolute atomic E-state index is 10.7. The lowest BCUT2D eigenvalue weighted by molar-refractivity contribution is 0.120. The topological polar surface area (TPSA) is 139 Å². The molecule has 0 radical (unpaired) electrons. The van der Waals surface area contributed by atoms with Gasteiger partial charge in [-0.3, -0.25) is 0 Å². The number of hydrogen-bond donors (Lipinski definition) is 3. The smallest absolute Gasteiger partial charge is 0.404 e. The predicted octanol–water partition coefficient (Wildman–Crippen LogP) is 2.60. The average Bonchev–Trinajstić information content (AvgIpc) is 3.10. The summed E-state index contributed by atoms with van der Waals surface area (Å²) in [5, 5.41) is 16.7. The Kier molecular flexibility index (Phi) is 6.73. The van der Waals surface area contributed by atoms with E-state index in [1.165, 1.54) is 11.5 Å². The Morgan fingerprint density at radius 1 is 1.43 bits per heavy atom. The molecule has 1 fully saturated rings. The number of aryl methyl sites for hydroxylation is 1. The van der Waals surface area contributed by atoms with E-state index in [0.717, 1.165) is 42.1 Å². The number of anilines is 2. The van der Waals surface area contributed by atoms with Crippen LogP contribution >= 0.6 is 11.5 Å². The molecular weight excluding hydrogens is 378 g/mol. The number of carbonyl (C=O) groups excluding carboxylic acids is 1. The molecule has 1 aliphatic carbocycles.